The van der Waals surface area contributed by atoms with Crippen LogP contribution >= 0.6 is 0 Å². The van der Waals surface area contributed by atoms with Crippen LogP contribution in [0.5, 0.6) is 11.5 Å². The fourth-order valence-electron chi connectivity index (χ4n) is 5.53. The topological polar surface area (TPSA) is 28.2 Å². The molecule has 0 aliphatic carbocycles. The Bertz CT molecular complexity index is 666. The first-order chi connectivity index (χ1) is 14.6. The number of fused-ring (bicyclic) bond motifs is 1. The zero-order chi connectivity index (χ0) is 20.9. The minimum atomic E-state index is 0.356. The number of nitrogens with zero attached hydrogens (tertiary/aromatic N) is 3. The van der Waals surface area contributed by atoms with E-state index in [2.05, 4.69) is 53.8 Å². The molecule has 4 rings (SSSR count). The Morgan fingerprint density at radius 2 is 1.77 bits per heavy atom. The van der Waals surface area contributed by atoms with E-state index in [1.807, 2.05) is 0 Å². The summed E-state index contributed by atoms with van der Waals surface area (Å²) in [6.07, 6.45) is 6.57. The normalized spacial score (nSPS) is 22.7. The minimum absolute atomic E-state index is 0.356. The molecule has 168 valence electrons. The summed E-state index contributed by atoms with van der Waals surface area (Å²) >= 11 is 0. The molecule has 0 aromatic heterocycles. The number of hydrogen-bond donors (Lipinski definition) is 0. The van der Waals surface area contributed by atoms with Gasteiger partial charge >= 0.3 is 0 Å². The summed E-state index contributed by atoms with van der Waals surface area (Å²) in [6, 6.07) is 7.25. The standard InChI is InChI=1S/C25H41N3O2/c1-4-27(17-20(2)15-22-5-6-24-25(16-22)30-19-29-24)18-21-7-13-28(14-8-21)23-9-11-26(3)12-10-23/h5-6,16,20-21,23H,4,7-15,17-19H2,1-3H3/t20-/m0/s1. The maximum Gasteiger partial charge on any atom is 0.231 e. The molecule has 3 heterocycles. The van der Waals surface area contributed by atoms with E-state index in [0.717, 1.165) is 36.4 Å². The fourth-order valence-corrected chi connectivity index (χ4v) is 5.53. The third kappa shape index (κ3) is 5.68. The molecule has 30 heavy (non-hydrogen) atoms. The van der Waals surface area contributed by atoms with Gasteiger partial charge in [-0.25, -0.2) is 0 Å². The van der Waals surface area contributed by atoms with Gasteiger partial charge in [0.05, 0.1) is 0 Å². The van der Waals surface area contributed by atoms with Crippen molar-refractivity contribution in [2.24, 2.45) is 11.8 Å². The van der Waals surface area contributed by atoms with Crippen molar-refractivity contribution >= 4 is 0 Å². The molecule has 3 aliphatic rings. The van der Waals surface area contributed by atoms with Gasteiger partial charge in [-0.3, -0.25) is 0 Å². The van der Waals surface area contributed by atoms with Gasteiger partial charge < -0.3 is 24.2 Å². The molecule has 0 spiro atoms. The van der Waals surface area contributed by atoms with Crippen LogP contribution in [0, 0.1) is 11.8 Å². The summed E-state index contributed by atoms with van der Waals surface area (Å²) in [6.45, 7) is 13.8. The second-order valence-corrected chi connectivity index (χ2v) is 9.86. The average Bonchev–Trinajstić information content (AvgIpc) is 3.22. The van der Waals surface area contributed by atoms with Gasteiger partial charge in [0.15, 0.2) is 11.5 Å². The third-order valence-corrected chi connectivity index (χ3v) is 7.41. The highest BCUT2D eigenvalue weighted by Crippen LogP contribution is 2.33. The van der Waals surface area contributed by atoms with Crippen LogP contribution in [0.3, 0.4) is 0 Å². The Kier molecular flexibility index (Phi) is 7.55. The quantitative estimate of drug-likeness (QED) is 0.645. The molecule has 0 amide bonds. The van der Waals surface area contributed by atoms with Crippen LogP contribution in [0.15, 0.2) is 18.2 Å². The van der Waals surface area contributed by atoms with Crippen LogP contribution in [0.4, 0.5) is 0 Å². The molecule has 0 unspecified atom stereocenters. The van der Waals surface area contributed by atoms with Crippen molar-refractivity contribution < 1.29 is 9.47 Å². The molecule has 5 nitrogen and oxygen atoms in total. The first kappa shape index (κ1) is 21.9. The van der Waals surface area contributed by atoms with Crippen LogP contribution in [-0.4, -0.2) is 80.4 Å². The third-order valence-electron chi connectivity index (χ3n) is 7.41. The molecule has 0 N–H and O–H groups in total. The van der Waals surface area contributed by atoms with E-state index >= 15 is 0 Å². The molecule has 0 saturated carbocycles. The molecule has 2 fully saturated rings. The van der Waals surface area contributed by atoms with Gasteiger partial charge in [-0.05, 0) is 101 Å². The maximum absolute atomic E-state index is 5.54. The van der Waals surface area contributed by atoms with Crippen molar-refractivity contribution in [1.29, 1.82) is 0 Å². The smallest absolute Gasteiger partial charge is 0.231 e. The van der Waals surface area contributed by atoms with E-state index in [1.165, 1.54) is 70.5 Å². The summed E-state index contributed by atoms with van der Waals surface area (Å²) in [4.78, 5) is 7.96. The summed E-state index contributed by atoms with van der Waals surface area (Å²) in [5.74, 6) is 3.30. The number of ether oxygens (including phenoxy) is 2. The average molecular weight is 416 g/mol. The zero-order valence-electron chi connectivity index (χ0n) is 19.3. The molecule has 3 aliphatic heterocycles. The molecule has 1 aromatic rings. The van der Waals surface area contributed by atoms with E-state index in [9.17, 15) is 0 Å². The Labute approximate surface area is 183 Å². The lowest BCUT2D eigenvalue weighted by atomic mass is 9.92. The number of rotatable bonds is 8. The minimum Gasteiger partial charge on any atom is -0.454 e. The lowest BCUT2D eigenvalue weighted by Gasteiger charge is -2.42. The first-order valence-corrected chi connectivity index (χ1v) is 12.1. The predicted molar refractivity (Wildman–Crippen MR) is 122 cm³/mol. The van der Waals surface area contributed by atoms with Gasteiger partial charge in [0, 0.05) is 19.1 Å². The second-order valence-electron chi connectivity index (χ2n) is 9.86. The van der Waals surface area contributed by atoms with E-state index < -0.39 is 0 Å². The Morgan fingerprint density at radius 3 is 2.50 bits per heavy atom. The van der Waals surface area contributed by atoms with Crippen molar-refractivity contribution in [1.82, 2.24) is 14.7 Å². The van der Waals surface area contributed by atoms with Crippen molar-refractivity contribution in [2.75, 3.05) is 59.7 Å². The van der Waals surface area contributed by atoms with Gasteiger partial charge in [-0.2, -0.15) is 0 Å². The number of likely N-dealkylation sites (tertiary alicyclic amines) is 2. The van der Waals surface area contributed by atoms with Crippen molar-refractivity contribution in [3.63, 3.8) is 0 Å². The molecule has 1 atom stereocenters. The van der Waals surface area contributed by atoms with Gasteiger partial charge in [-0.15, -0.1) is 0 Å². The second kappa shape index (κ2) is 10.3. The SMILES string of the molecule is CCN(CC1CCN(C2CCN(C)CC2)CC1)C[C@@H](C)Cc1ccc2c(c1)OCO2. The van der Waals surface area contributed by atoms with E-state index in [0.29, 0.717) is 12.7 Å². The zero-order valence-corrected chi connectivity index (χ0v) is 19.3. The van der Waals surface area contributed by atoms with Gasteiger partial charge in [0.25, 0.3) is 0 Å². The van der Waals surface area contributed by atoms with Crippen molar-refractivity contribution in [2.45, 2.75) is 52.0 Å². The van der Waals surface area contributed by atoms with Crippen LogP contribution in [0.25, 0.3) is 0 Å². The highest BCUT2D eigenvalue weighted by Gasteiger charge is 2.28. The molecule has 0 radical (unpaired) electrons. The van der Waals surface area contributed by atoms with Gasteiger partial charge in [-0.1, -0.05) is 19.9 Å². The molecular weight excluding hydrogens is 374 g/mol. The Balaban J connectivity index is 1.20. The van der Waals surface area contributed by atoms with Crippen molar-refractivity contribution in [3.05, 3.63) is 23.8 Å². The van der Waals surface area contributed by atoms with Gasteiger partial charge in [0.2, 0.25) is 6.79 Å². The van der Waals surface area contributed by atoms with Gasteiger partial charge in [0.1, 0.15) is 0 Å². The fraction of sp³-hybridized carbons (Fsp3) is 0.760. The molecule has 5 heteroatoms. The van der Waals surface area contributed by atoms with E-state index in [-0.39, 0.29) is 0 Å². The Morgan fingerprint density at radius 1 is 1.03 bits per heavy atom. The molecule has 2 saturated heterocycles. The molecular formula is C25H41N3O2. The predicted octanol–water partition coefficient (Wildman–Crippen LogP) is 3.72. The maximum atomic E-state index is 5.54. The van der Waals surface area contributed by atoms with Crippen LogP contribution < -0.4 is 9.47 Å². The Hall–Kier alpha value is -1.30. The summed E-state index contributed by atoms with van der Waals surface area (Å²) < 4.78 is 11.0. The van der Waals surface area contributed by atoms with Crippen LogP contribution in [0.1, 0.15) is 45.1 Å². The summed E-state index contributed by atoms with van der Waals surface area (Å²) in [7, 11) is 2.26. The highest BCUT2D eigenvalue weighted by molar-refractivity contribution is 5.44. The van der Waals surface area contributed by atoms with E-state index in [1.54, 1.807) is 0 Å². The number of benzene rings is 1. The number of hydrogen-bond acceptors (Lipinski definition) is 5. The van der Waals surface area contributed by atoms with Crippen LogP contribution in [-0.2, 0) is 6.42 Å². The monoisotopic (exact) mass is 415 g/mol. The molecule has 0 bridgehead atoms. The lowest BCUT2D eigenvalue weighted by Crippen LogP contribution is -2.48. The lowest BCUT2D eigenvalue weighted by molar-refractivity contribution is 0.0737. The molecule has 1 aromatic carbocycles. The summed E-state index contributed by atoms with van der Waals surface area (Å²) in [5.41, 5.74) is 1.36. The van der Waals surface area contributed by atoms with E-state index in [4.69, 9.17) is 9.47 Å². The van der Waals surface area contributed by atoms with Crippen molar-refractivity contribution in [3.8, 4) is 11.5 Å². The summed E-state index contributed by atoms with van der Waals surface area (Å²) in [5, 5.41) is 0. The largest absolute Gasteiger partial charge is 0.454 e. The highest BCUT2D eigenvalue weighted by atomic mass is 16.7. The van der Waals surface area contributed by atoms with Crippen LogP contribution in [0.2, 0.25) is 0 Å². The first-order valence-electron chi connectivity index (χ1n) is 12.1. The number of piperidine rings is 2.